The maximum Gasteiger partial charge on any atom is 0.263 e. The Morgan fingerprint density at radius 3 is 2.83 bits per heavy atom. The zero-order chi connectivity index (χ0) is 13.3. The molecule has 0 unspecified atom stereocenters. The largest absolute Gasteiger partial charge is 0.397 e. The number of aromatic nitrogens is 2. The molecular formula is C11H14N4O2S. The lowest BCUT2D eigenvalue weighted by Gasteiger charge is -2.02. The van der Waals surface area contributed by atoms with Crippen LogP contribution in [0.15, 0.2) is 0 Å². The van der Waals surface area contributed by atoms with Crippen molar-refractivity contribution in [2.45, 2.75) is 13.8 Å². The number of rotatable bonds is 3. The molecule has 2 aromatic heterocycles. The minimum absolute atomic E-state index is 0.103. The van der Waals surface area contributed by atoms with Crippen molar-refractivity contribution >= 4 is 33.1 Å². The topological polar surface area (TPSA) is 101 Å². The van der Waals surface area contributed by atoms with Gasteiger partial charge in [0.1, 0.15) is 9.71 Å². The average Bonchev–Trinajstić information content (AvgIpc) is 2.69. The van der Waals surface area contributed by atoms with E-state index >= 15 is 0 Å². The Morgan fingerprint density at radius 1 is 1.44 bits per heavy atom. The number of carbonyl (C=O) groups excluding carboxylic acids is 1. The number of hydrogen-bond donors (Lipinski definition) is 3. The summed E-state index contributed by atoms with van der Waals surface area (Å²) in [6.45, 7) is 3.86. The third-order valence-electron chi connectivity index (χ3n) is 2.74. The second-order valence-corrected chi connectivity index (χ2v) is 4.91. The standard InChI is InChI=1S/C11H14N4O2S/c1-5-6(2)14-15-11-7(5)8(12)9(18-11)10(17)13-3-4-16/h16H,3-4,12H2,1-2H3,(H,13,17). The Labute approximate surface area is 108 Å². The normalized spacial score (nSPS) is 10.8. The van der Waals surface area contributed by atoms with Crippen molar-refractivity contribution < 1.29 is 9.90 Å². The molecule has 0 saturated carbocycles. The fraction of sp³-hybridized carbons (Fsp3) is 0.364. The van der Waals surface area contributed by atoms with Crippen molar-refractivity contribution in [1.82, 2.24) is 15.5 Å². The highest BCUT2D eigenvalue weighted by molar-refractivity contribution is 7.21. The lowest BCUT2D eigenvalue weighted by Crippen LogP contribution is -2.26. The summed E-state index contributed by atoms with van der Waals surface area (Å²) in [5.41, 5.74) is 8.17. The number of hydrogen-bond acceptors (Lipinski definition) is 6. The van der Waals surface area contributed by atoms with Crippen LogP contribution >= 0.6 is 11.3 Å². The molecular weight excluding hydrogens is 252 g/mol. The van der Waals surface area contributed by atoms with Gasteiger partial charge in [0.25, 0.3) is 5.91 Å². The molecule has 4 N–H and O–H groups in total. The molecule has 0 aromatic carbocycles. The van der Waals surface area contributed by atoms with Crippen molar-refractivity contribution in [2.24, 2.45) is 0 Å². The van der Waals surface area contributed by atoms with Gasteiger partial charge in [0.15, 0.2) is 0 Å². The van der Waals surface area contributed by atoms with Crippen LogP contribution in [0.5, 0.6) is 0 Å². The van der Waals surface area contributed by atoms with E-state index < -0.39 is 0 Å². The van der Waals surface area contributed by atoms with Gasteiger partial charge in [0.05, 0.1) is 18.0 Å². The number of nitrogens with zero attached hydrogens (tertiary/aromatic N) is 2. The quantitative estimate of drug-likeness (QED) is 0.755. The molecule has 2 rings (SSSR count). The van der Waals surface area contributed by atoms with Crippen LogP contribution in [-0.4, -0.2) is 34.4 Å². The summed E-state index contributed by atoms with van der Waals surface area (Å²) < 4.78 is 0. The number of aryl methyl sites for hydroxylation is 2. The average molecular weight is 266 g/mol. The molecule has 0 fully saturated rings. The van der Waals surface area contributed by atoms with E-state index in [4.69, 9.17) is 10.8 Å². The molecule has 6 nitrogen and oxygen atoms in total. The van der Waals surface area contributed by atoms with E-state index in [1.54, 1.807) is 0 Å². The van der Waals surface area contributed by atoms with Gasteiger partial charge < -0.3 is 16.2 Å². The molecule has 0 aliphatic carbocycles. The second-order valence-electron chi connectivity index (χ2n) is 3.91. The van der Waals surface area contributed by atoms with Crippen LogP contribution in [0.4, 0.5) is 5.69 Å². The summed E-state index contributed by atoms with van der Waals surface area (Å²) in [6.07, 6.45) is 0. The van der Waals surface area contributed by atoms with Gasteiger partial charge in [-0.25, -0.2) is 0 Å². The number of fused-ring (bicyclic) bond motifs is 1. The van der Waals surface area contributed by atoms with Crippen LogP contribution in [0.1, 0.15) is 20.9 Å². The van der Waals surface area contributed by atoms with Crippen LogP contribution in [0.25, 0.3) is 10.2 Å². The van der Waals surface area contributed by atoms with Gasteiger partial charge >= 0.3 is 0 Å². The Bertz CT molecular complexity index is 609. The summed E-state index contributed by atoms with van der Waals surface area (Å²) >= 11 is 1.21. The minimum Gasteiger partial charge on any atom is -0.397 e. The Morgan fingerprint density at radius 2 is 2.17 bits per heavy atom. The van der Waals surface area contributed by atoms with Gasteiger partial charge in [-0.15, -0.1) is 16.4 Å². The number of aliphatic hydroxyl groups excluding tert-OH is 1. The number of aliphatic hydroxyl groups is 1. The number of amides is 1. The van der Waals surface area contributed by atoms with E-state index in [9.17, 15) is 4.79 Å². The molecule has 96 valence electrons. The zero-order valence-electron chi connectivity index (χ0n) is 10.1. The summed E-state index contributed by atoms with van der Waals surface area (Å²) in [5, 5.41) is 20.1. The van der Waals surface area contributed by atoms with Gasteiger partial charge in [0, 0.05) is 11.9 Å². The molecule has 0 radical (unpaired) electrons. The first-order valence-electron chi connectivity index (χ1n) is 5.47. The summed E-state index contributed by atoms with van der Waals surface area (Å²) in [5.74, 6) is -0.290. The van der Waals surface area contributed by atoms with Crippen LogP contribution in [0.2, 0.25) is 0 Å². The predicted molar refractivity (Wildman–Crippen MR) is 70.7 cm³/mol. The van der Waals surface area contributed by atoms with E-state index in [1.807, 2.05) is 13.8 Å². The van der Waals surface area contributed by atoms with Gasteiger partial charge in [-0.05, 0) is 19.4 Å². The summed E-state index contributed by atoms with van der Waals surface area (Å²) in [4.78, 5) is 12.9. The highest BCUT2D eigenvalue weighted by Gasteiger charge is 2.19. The number of nitrogens with two attached hydrogens (primary N) is 1. The van der Waals surface area contributed by atoms with Crippen molar-refractivity contribution in [3.05, 3.63) is 16.1 Å². The Hall–Kier alpha value is -1.73. The maximum atomic E-state index is 11.9. The molecule has 0 bridgehead atoms. The molecule has 7 heteroatoms. The van der Waals surface area contributed by atoms with E-state index in [0.29, 0.717) is 15.4 Å². The third-order valence-corrected chi connectivity index (χ3v) is 3.83. The van der Waals surface area contributed by atoms with Crippen LogP contribution in [0, 0.1) is 13.8 Å². The lowest BCUT2D eigenvalue weighted by molar-refractivity contribution is 0.0949. The fourth-order valence-corrected chi connectivity index (χ4v) is 2.68. The SMILES string of the molecule is Cc1nnc2sc(C(=O)NCCO)c(N)c2c1C. The molecule has 0 spiro atoms. The Kier molecular flexibility index (Phi) is 3.44. The first kappa shape index (κ1) is 12.7. The third kappa shape index (κ3) is 2.02. The van der Waals surface area contributed by atoms with E-state index in [0.717, 1.165) is 16.6 Å². The first-order chi connectivity index (χ1) is 8.56. The van der Waals surface area contributed by atoms with E-state index in [-0.39, 0.29) is 19.1 Å². The summed E-state index contributed by atoms with van der Waals surface area (Å²) in [6, 6.07) is 0. The first-order valence-corrected chi connectivity index (χ1v) is 6.28. The highest BCUT2D eigenvalue weighted by Crippen LogP contribution is 2.34. The second kappa shape index (κ2) is 4.87. The van der Waals surface area contributed by atoms with Gasteiger partial charge in [-0.3, -0.25) is 4.79 Å². The number of carbonyl (C=O) groups is 1. The zero-order valence-corrected chi connectivity index (χ0v) is 11.0. The van der Waals surface area contributed by atoms with Crippen molar-refractivity contribution in [3.8, 4) is 0 Å². The lowest BCUT2D eigenvalue weighted by atomic mass is 10.1. The molecule has 0 aliphatic heterocycles. The van der Waals surface area contributed by atoms with Crippen LogP contribution < -0.4 is 11.1 Å². The Balaban J connectivity index is 2.51. The smallest absolute Gasteiger partial charge is 0.263 e. The van der Waals surface area contributed by atoms with Crippen molar-refractivity contribution in [1.29, 1.82) is 0 Å². The molecule has 0 aliphatic rings. The fourth-order valence-electron chi connectivity index (χ4n) is 1.66. The predicted octanol–water partition coefficient (Wildman–Crippen LogP) is 0.612. The molecule has 0 atom stereocenters. The van der Waals surface area contributed by atoms with Gasteiger partial charge in [-0.2, -0.15) is 5.10 Å². The van der Waals surface area contributed by atoms with E-state index in [1.165, 1.54) is 11.3 Å². The summed E-state index contributed by atoms with van der Waals surface area (Å²) in [7, 11) is 0. The van der Waals surface area contributed by atoms with E-state index in [2.05, 4.69) is 15.5 Å². The monoisotopic (exact) mass is 266 g/mol. The van der Waals surface area contributed by atoms with Crippen LogP contribution in [0.3, 0.4) is 0 Å². The molecule has 18 heavy (non-hydrogen) atoms. The minimum atomic E-state index is -0.290. The van der Waals surface area contributed by atoms with Gasteiger partial charge in [0.2, 0.25) is 0 Å². The number of anilines is 1. The number of thiophene rings is 1. The molecule has 2 heterocycles. The molecule has 1 amide bonds. The van der Waals surface area contributed by atoms with Crippen molar-refractivity contribution in [3.63, 3.8) is 0 Å². The number of nitrogen functional groups attached to an aromatic ring is 1. The molecule has 2 aromatic rings. The molecule has 0 saturated heterocycles. The number of nitrogens with one attached hydrogen (secondary N) is 1. The van der Waals surface area contributed by atoms with Crippen molar-refractivity contribution in [2.75, 3.05) is 18.9 Å². The van der Waals surface area contributed by atoms with Crippen LogP contribution in [-0.2, 0) is 0 Å². The maximum absolute atomic E-state index is 11.9. The highest BCUT2D eigenvalue weighted by atomic mass is 32.1. The van der Waals surface area contributed by atoms with Gasteiger partial charge in [-0.1, -0.05) is 0 Å².